The third kappa shape index (κ3) is 3.84. The number of hydrogen-bond acceptors (Lipinski definition) is 3. The molecule has 4 heteroatoms. The highest BCUT2D eigenvalue weighted by atomic mass is 16.5. The lowest BCUT2D eigenvalue weighted by Gasteiger charge is -2.14. The normalized spacial score (nSPS) is 12.4. The molecule has 1 N–H and O–H groups in total. The summed E-state index contributed by atoms with van der Waals surface area (Å²) in [4.78, 5) is 0. The predicted octanol–water partition coefficient (Wildman–Crippen LogP) is 2.46. The van der Waals surface area contributed by atoms with Crippen molar-refractivity contribution in [2.45, 2.75) is 32.9 Å². The Balaban J connectivity index is 1.85. The Labute approximate surface area is 120 Å². The summed E-state index contributed by atoms with van der Waals surface area (Å²) in [7, 11) is 3.65. The lowest BCUT2D eigenvalue weighted by Crippen LogP contribution is -2.27. The van der Waals surface area contributed by atoms with E-state index >= 15 is 0 Å². The third-order valence-electron chi connectivity index (χ3n) is 3.46. The minimum atomic E-state index is 0.419. The average molecular weight is 273 g/mol. The number of rotatable bonds is 6. The van der Waals surface area contributed by atoms with Crippen LogP contribution in [-0.4, -0.2) is 22.9 Å². The van der Waals surface area contributed by atoms with E-state index in [-0.39, 0.29) is 0 Å². The van der Waals surface area contributed by atoms with E-state index in [1.165, 1.54) is 11.1 Å². The van der Waals surface area contributed by atoms with Crippen molar-refractivity contribution >= 4 is 0 Å². The second-order valence-electron chi connectivity index (χ2n) is 5.25. The molecule has 0 saturated carbocycles. The Kier molecular flexibility index (Phi) is 4.79. The first-order chi connectivity index (χ1) is 9.58. The van der Waals surface area contributed by atoms with Crippen LogP contribution in [0.1, 0.15) is 23.7 Å². The highest BCUT2D eigenvalue weighted by Crippen LogP contribution is 2.13. The van der Waals surface area contributed by atoms with Gasteiger partial charge < -0.3 is 10.1 Å². The minimum absolute atomic E-state index is 0.419. The van der Waals surface area contributed by atoms with E-state index < -0.39 is 0 Å². The van der Waals surface area contributed by atoms with E-state index in [0.717, 1.165) is 24.4 Å². The van der Waals surface area contributed by atoms with Crippen LogP contribution in [0.25, 0.3) is 0 Å². The van der Waals surface area contributed by atoms with E-state index in [4.69, 9.17) is 4.74 Å². The van der Waals surface area contributed by atoms with E-state index in [9.17, 15) is 0 Å². The van der Waals surface area contributed by atoms with Gasteiger partial charge in [0.1, 0.15) is 5.75 Å². The van der Waals surface area contributed by atoms with Crippen LogP contribution in [0.3, 0.4) is 0 Å². The summed E-state index contributed by atoms with van der Waals surface area (Å²) in [5.74, 6) is 0.903. The smallest absolute Gasteiger partial charge is 0.118 e. The molecular weight excluding hydrogens is 250 g/mol. The van der Waals surface area contributed by atoms with Crippen molar-refractivity contribution in [2.24, 2.45) is 7.05 Å². The number of nitrogens with one attached hydrogen (secondary N) is 1. The number of nitrogens with zero attached hydrogens (tertiary/aromatic N) is 2. The molecule has 1 atom stereocenters. The quantitative estimate of drug-likeness (QED) is 0.878. The maximum absolute atomic E-state index is 5.17. The highest BCUT2D eigenvalue weighted by Gasteiger charge is 2.07. The van der Waals surface area contributed by atoms with Crippen molar-refractivity contribution in [3.8, 4) is 5.75 Å². The fraction of sp³-hybridized carbons (Fsp3) is 0.438. The fourth-order valence-corrected chi connectivity index (χ4v) is 2.29. The zero-order valence-corrected chi connectivity index (χ0v) is 12.7. The molecule has 1 heterocycles. The molecule has 1 aromatic heterocycles. The lowest BCUT2D eigenvalue weighted by atomic mass is 10.1. The molecule has 0 radical (unpaired) electrons. The molecule has 0 amide bonds. The van der Waals surface area contributed by atoms with Crippen molar-refractivity contribution in [1.82, 2.24) is 15.1 Å². The van der Waals surface area contributed by atoms with Gasteiger partial charge in [0.05, 0.1) is 12.8 Å². The van der Waals surface area contributed by atoms with Crippen molar-refractivity contribution < 1.29 is 4.74 Å². The minimum Gasteiger partial charge on any atom is -0.497 e. The van der Waals surface area contributed by atoms with Crippen LogP contribution in [0.15, 0.2) is 30.5 Å². The number of hydrogen-bond donors (Lipinski definition) is 1. The van der Waals surface area contributed by atoms with Crippen molar-refractivity contribution in [3.63, 3.8) is 0 Å². The van der Waals surface area contributed by atoms with Crippen LogP contribution in [0.2, 0.25) is 0 Å². The molecule has 0 saturated heterocycles. The maximum Gasteiger partial charge on any atom is 0.118 e. The number of ether oxygens (including phenoxy) is 1. The first kappa shape index (κ1) is 14.6. The Morgan fingerprint density at radius 2 is 2.00 bits per heavy atom. The van der Waals surface area contributed by atoms with Gasteiger partial charge >= 0.3 is 0 Å². The van der Waals surface area contributed by atoms with Crippen LogP contribution in [0, 0.1) is 6.92 Å². The van der Waals surface area contributed by atoms with E-state index in [1.807, 2.05) is 30.8 Å². The monoisotopic (exact) mass is 273 g/mol. The topological polar surface area (TPSA) is 39.1 Å². The first-order valence-corrected chi connectivity index (χ1v) is 6.94. The van der Waals surface area contributed by atoms with Gasteiger partial charge in [-0.2, -0.15) is 5.10 Å². The molecule has 2 rings (SSSR count). The molecule has 0 aliphatic carbocycles. The Morgan fingerprint density at radius 3 is 2.55 bits per heavy atom. The van der Waals surface area contributed by atoms with Crippen molar-refractivity contribution in [3.05, 3.63) is 47.3 Å². The van der Waals surface area contributed by atoms with Gasteiger partial charge in [-0.3, -0.25) is 4.68 Å². The van der Waals surface area contributed by atoms with Gasteiger partial charge in [0.2, 0.25) is 0 Å². The number of benzene rings is 1. The molecular formula is C16H23N3O. The average Bonchev–Trinajstić information content (AvgIpc) is 2.75. The van der Waals surface area contributed by atoms with Crippen LogP contribution >= 0.6 is 0 Å². The third-order valence-corrected chi connectivity index (χ3v) is 3.46. The summed E-state index contributed by atoms with van der Waals surface area (Å²) in [6, 6.07) is 8.67. The van der Waals surface area contributed by atoms with Gasteiger partial charge in [0.25, 0.3) is 0 Å². The Bertz CT molecular complexity index is 545. The molecule has 0 bridgehead atoms. The molecule has 1 aromatic carbocycles. The number of methoxy groups -OCH3 is 1. The highest BCUT2D eigenvalue weighted by molar-refractivity contribution is 5.27. The van der Waals surface area contributed by atoms with Gasteiger partial charge in [-0.15, -0.1) is 0 Å². The summed E-state index contributed by atoms with van der Waals surface area (Å²) in [5.41, 5.74) is 3.67. The summed E-state index contributed by atoms with van der Waals surface area (Å²) in [6.07, 6.45) is 3.08. The SMILES string of the molecule is COc1ccc(CC(C)NCc2cn(C)nc2C)cc1. The lowest BCUT2D eigenvalue weighted by molar-refractivity contribution is 0.414. The largest absolute Gasteiger partial charge is 0.497 e. The zero-order valence-electron chi connectivity index (χ0n) is 12.7. The van der Waals surface area contributed by atoms with E-state index in [2.05, 4.69) is 35.7 Å². The fourth-order valence-electron chi connectivity index (χ4n) is 2.29. The van der Waals surface area contributed by atoms with E-state index in [1.54, 1.807) is 7.11 Å². The van der Waals surface area contributed by atoms with Crippen LogP contribution in [0.5, 0.6) is 5.75 Å². The molecule has 1 unspecified atom stereocenters. The van der Waals surface area contributed by atoms with Gasteiger partial charge in [-0.05, 0) is 38.0 Å². The number of aryl methyl sites for hydroxylation is 2. The molecule has 20 heavy (non-hydrogen) atoms. The summed E-state index contributed by atoms with van der Waals surface area (Å²) in [6.45, 7) is 5.11. The molecule has 108 valence electrons. The van der Waals surface area contributed by atoms with Gasteiger partial charge in [0, 0.05) is 31.4 Å². The molecule has 0 aliphatic rings. The molecule has 0 fully saturated rings. The molecule has 2 aromatic rings. The predicted molar refractivity (Wildman–Crippen MR) is 80.9 cm³/mol. The molecule has 0 spiro atoms. The van der Waals surface area contributed by atoms with E-state index in [0.29, 0.717) is 6.04 Å². The number of aromatic nitrogens is 2. The first-order valence-electron chi connectivity index (χ1n) is 6.94. The second kappa shape index (κ2) is 6.57. The zero-order chi connectivity index (χ0) is 14.5. The second-order valence-corrected chi connectivity index (χ2v) is 5.25. The summed E-state index contributed by atoms with van der Waals surface area (Å²) < 4.78 is 7.03. The van der Waals surface area contributed by atoms with Gasteiger partial charge in [-0.25, -0.2) is 0 Å². The molecule has 4 nitrogen and oxygen atoms in total. The Hall–Kier alpha value is -1.81. The van der Waals surface area contributed by atoms with Crippen LogP contribution in [0.4, 0.5) is 0 Å². The van der Waals surface area contributed by atoms with Crippen molar-refractivity contribution in [2.75, 3.05) is 7.11 Å². The van der Waals surface area contributed by atoms with Gasteiger partial charge in [-0.1, -0.05) is 12.1 Å². The Morgan fingerprint density at radius 1 is 1.30 bits per heavy atom. The van der Waals surface area contributed by atoms with Crippen LogP contribution < -0.4 is 10.1 Å². The summed E-state index contributed by atoms with van der Waals surface area (Å²) >= 11 is 0. The van der Waals surface area contributed by atoms with Crippen LogP contribution in [-0.2, 0) is 20.0 Å². The standard InChI is InChI=1S/C16H23N3O/c1-12(9-14-5-7-16(20-4)8-6-14)17-10-15-11-19(3)18-13(15)2/h5-8,11-12,17H,9-10H2,1-4H3. The van der Waals surface area contributed by atoms with Crippen molar-refractivity contribution in [1.29, 1.82) is 0 Å². The maximum atomic E-state index is 5.17. The van der Waals surface area contributed by atoms with Gasteiger partial charge in [0.15, 0.2) is 0 Å². The summed E-state index contributed by atoms with van der Waals surface area (Å²) in [5, 5.41) is 7.90. The molecule has 0 aliphatic heterocycles.